The van der Waals surface area contributed by atoms with Crippen molar-refractivity contribution in [3.63, 3.8) is 0 Å². The summed E-state index contributed by atoms with van der Waals surface area (Å²) in [6, 6.07) is 0. The fourth-order valence-corrected chi connectivity index (χ4v) is 1.61. The van der Waals surface area contributed by atoms with Gasteiger partial charge < -0.3 is 4.98 Å². The van der Waals surface area contributed by atoms with E-state index in [1.807, 2.05) is 12.4 Å². The molecular weight excluding hydrogens is 264 g/mol. The first kappa shape index (κ1) is 13.0. The molecular formula is C13H17BrN2. The number of hydrogen-bond acceptors (Lipinski definition) is 1. The zero-order valence-corrected chi connectivity index (χ0v) is 11.8. The predicted octanol–water partition coefficient (Wildman–Crippen LogP) is 3.97. The number of nitrogens with one attached hydrogen (secondary N) is 1. The minimum Gasteiger partial charge on any atom is -0.361 e. The van der Waals surface area contributed by atoms with Crippen LogP contribution in [0.1, 0.15) is 30.7 Å². The smallest absolute Gasteiger partial charge is 0.0682 e. The van der Waals surface area contributed by atoms with Gasteiger partial charge in [-0.25, -0.2) is 0 Å². The van der Waals surface area contributed by atoms with Gasteiger partial charge in [0.25, 0.3) is 0 Å². The van der Waals surface area contributed by atoms with Crippen LogP contribution in [0.2, 0.25) is 0 Å². The second-order valence-corrected chi connectivity index (χ2v) is 4.11. The Labute approximate surface area is 107 Å². The molecule has 1 aliphatic rings. The van der Waals surface area contributed by atoms with Crippen molar-refractivity contribution in [2.24, 2.45) is 4.99 Å². The third kappa shape index (κ3) is 2.19. The molecule has 0 bridgehead atoms. The Morgan fingerprint density at radius 2 is 1.88 bits per heavy atom. The molecule has 1 aromatic rings. The Morgan fingerprint density at radius 3 is 2.31 bits per heavy atom. The van der Waals surface area contributed by atoms with Crippen LogP contribution in [0.15, 0.2) is 28.0 Å². The molecule has 2 nitrogen and oxygen atoms in total. The second kappa shape index (κ2) is 4.83. The van der Waals surface area contributed by atoms with E-state index in [0.29, 0.717) is 0 Å². The number of nitrogens with zero attached hydrogens (tertiary/aromatic N) is 1. The summed E-state index contributed by atoms with van der Waals surface area (Å²) >= 11 is 0. The first-order chi connectivity index (χ1) is 7.09. The molecule has 0 saturated heterocycles. The Morgan fingerprint density at radius 1 is 1.19 bits per heavy atom. The van der Waals surface area contributed by atoms with Crippen LogP contribution < -0.4 is 0 Å². The number of rotatable bonds is 1. The van der Waals surface area contributed by atoms with Gasteiger partial charge in [0, 0.05) is 18.1 Å². The van der Waals surface area contributed by atoms with Crippen molar-refractivity contribution in [3.05, 3.63) is 39.9 Å². The molecule has 1 aromatic heterocycles. The van der Waals surface area contributed by atoms with Gasteiger partial charge >= 0.3 is 0 Å². The van der Waals surface area contributed by atoms with Crippen molar-refractivity contribution in [1.29, 1.82) is 0 Å². The van der Waals surface area contributed by atoms with Crippen LogP contribution in [0.4, 0.5) is 0 Å². The molecule has 1 aliphatic heterocycles. The van der Waals surface area contributed by atoms with E-state index < -0.39 is 0 Å². The SMILES string of the molecule is Br.CC1=C(C)/C(=C/c2[nH]cc(C)c2C)N=C1. The van der Waals surface area contributed by atoms with E-state index in [0.717, 1.165) is 11.4 Å². The lowest BCUT2D eigenvalue weighted by Crippen LogP contribution is -1.82. The molecule has 1 N–H and O–H groups in total. The molecule has 0 spiro atoms. The minimum absolute atomic E-state index is 0. The second-order valence-electron chi connectivity index (χ2n) is 4.11. The highest BCUT2D eigenvalue weighted by Gasteiger charge is 2.09. The number of allylic oxidation sites excluding steroid dienone is 2. The standard InChI is InChI=1S/C13H16N2.BrH/c1-8-6-14-12(10(8)3)5-13-11(4)9(2)7-15-13;/h5-7,14H,1-4H3;1H/b13-5-;. The average molecular weight is 281 g/mol. The lowest BCUT2D eigenvalue weighted by Gasteiger charge is -1.98. The number of aromatic amines is 1. The van der Waals surface area contributed by atoms with E-state index in [-0.39, 0.29) is 17.0 Å². The zero-order valence-electron chi connectivity index (χ0n) is 10.1. The van der Waals surface area contributed by atoms with E-state index in [1.54, 1.807) is 0 Å². The molecule has 0 fully saturated rings. The van der Waals surface area contributed by atoms with E-state index in [9.17, 15) is 0 Å². The maximum absolute atomic E-state index is 4.39. The number of aromatic nitrogens is 1. The highest BCUT2D eigenvalue weighted by atomic mass is 79.9. The molecule has 0 aromatic carbocycles. The van der Waals surface area contributed by atoms with E-state index >= 15 is 0 Å². The molecule has 0 amide bonds. The van der Waals surface area contributed by atoms with Crippen molar-refractivity contribution in [2.45, 2.75) is 27.7 Å². The molecule has 2 heterocycles. The Kier molecular flexibility index (Phi) is 3.92. The van der Waals surface area contributed by atoms with Crippen molar-refractivity contribution in [2.75, 3.05) is 0 Å². The summed E-state index contributed by atoms with van der Waals surface area (Å²) in [6.07, 6.45) is 6.07. The molecule has 0 unspecified atom stereocenters. The van der Waals surface area contributed by atoms with Gasteiger partial charge in [-0.2, -0.15) is 0 Å². The Bertz CT molecular complexity index is 490. The first-order valence-corrected chi connectivity index (χ1v) is 5.18. The van der Waals surface area contributed by atoms with E-state index in [1.165, 1.54) is 22.3 Å². The third-order valence-corrected chi connectivity index (χ3v) is 3.09. The first-order valence-electron chi connectivity index (χ1n) is 5.18. The van der Waals surface area contributed by atoms with Gasteiger partial charge in [0.1, 0.15) is 0 Å². The van der Waals surface area contributed by atoms with Crippen molar-refractivity contribution < 1.29 is 0 Å². The molecule has 2 rings (SSSR count). The summed E-state index contributed by atoms with van der Waals surface area (Å²) in [5.41, 5.74) is 7.34. The van der Waals surface area contributed by atoms with Gasteiger partial charge in [0.15, 0.2) is 0 Å². The summed E-state index contributed by atoms with van der Waals surface area (Å²) in [5, 5.41) is 0. The third-order valence-electron chi connectivity index (χ3n) is 3.09. The molecule has 3 heteroatoms. The fraction of sp³-hybridized carbons (Fsp3) is 0.308. The molecule has 0 atom stereocenters. The minimum atomic E-state index is 0. The summed E-state index contributed by atoms with van der Waals surface area (Å²) in [7, 11) is 0. The van der Waals surface area contributed by atoms with Crippen LogP contribution in [0, 0.1) is 13.8 Å². The van der Waals surface area contributed by atoms with Crippen LogP contribution in [-0.2, 0) is 0 Å². The highest BCUT2D eigenvalue weighted by Crippen LogP contribution is 2.24. The van der Waals surface area contributed by atoms with Gasteiger partial charge in [0.2, 0.25) is 0 Å². The largest absolute Gasteiger partial charge is 0.361 e. The van der Waals surface area contributed by atoms with E-state index in [2.05, 4.69) is 43.7 Å². The van der Waals surface area contributed by atoms with Crippen molar-refractivity contribution in [1.82, 2.24) is 4.98 Å². The van der Waals surface area contributed by atoms with Crippen molar-refractivity contribution in [3.8, 4) is 0 Å². The quantitative estimate of drug-likeness (QED) is 0.806. The number of aliphatic imine (C=N–C) groups is 1. The summed E-state index contributed by atoms with van der Waals surface area (Å²) < 4.78 is 0. The number of hydrogen-bond donors (Lipinski definition) is 1. The fourth-order valence-electron chi connectivity index (χ4n) is 1.61. The predicted molar refractivity (Wildman–Crippen MR) is 75.4 cm³/mol. The molecule has 0 radical (unpaired) electrons. The van der Waals surface area contributed by atoms with Crippen LogP contribution in [0.3, 0.4) is 0 Å². The van der Waals surface area contributed by atoms with Crippen LogP contribution in [0.5, 0.6) is 0 Å². The summed E-state index contributed by atoms with van der Waals surface area (Å²) in [4.78, 5) is 7.65. The molecule has 0 aliphatic carbocycles. The van der Waals surface area contributed by atoms with Crippen LogP contribution >= 0.6 is 17.0 Å². The monoisotopic (exact) mass is 280 g/mol. The Balaban J connectivity index is 0.00000128. The summed E-state index contributed by atoms with van der Waals surface area (Å²) in [6.45, 7) is 8.44. The number of aryl methyl sites for hydroxylation is 1. The topological polar surface area (TPSA) is 28.1 Å². The molecule has 86 valence electrons. The van der Waals surface area contributed by atoms with Crippen molar-refractivity contribution >= 4 is 29.3 Å². The lowest BCUT2D eigenvalue weighted by atomic mass is 10.1. The van der Waals surface area contributed by atoms with Gasteiger partial charge in [-0.05, 0) is 56.0 Å². The zero-order chi connectivity index (χ0) is 11.0. The number of halogens is 1. The van der Waals surface area contributed by atoms with Gasteiger partial charge in [-0.3, -0.25) is 4.99 Å². The van der Waals surface area contributed by atoms with Gasteiger partial charge in [0.05, 0.1) is 5.70 Å². The van der Waals surface area contributed by atoms with E-state index in [4.69, 9.17) is 0 Å². The highest BCUT2D eigenvalue weighted by molar-refractivity contribution is 8.93. The number of H-pyrrole nitrogens is 1. The maximum Gasteiger partial charge on any atom is 0.0682 e. The van der Waals surface area contributed by atoms with Crippen LogP contribution in [-0.4, -0.2) is 11.2 Å². The molecule has 0 saturated carbocycles. The Hall–Kier alpha value is -1.09. The van der Waals surface area contributed by atoms with Gasteiger partial charge in [-0.1, -0.05) is 0 Å². The van der Waals surface area contributed by atoms with Crippen LogP contribution in [0.25, 0.3) is 6.08 Å². The normalized spacial score (nSPS) is 17.1. The average Bonchev–Trinajstić information content (AvgIpc) is 2.68. The lowest BCUT2D eigenvalue weighted by molar-refractivity contribution is 1.29. The summed E-state index contributed by atoms with van der Waals surface area (Å²) in [5.74, 6) is 0. The maximum atomic E-state index is 4.39. The van der Waals surface area contributed by atoms with Gasteiger partial charge in [-0.15, -0.1) is 17.0 Å². The molecule has 16 heavy (non-hydrogen) atoms.